The third-order valence-corrected chi connectivity index (χ3v) is 3.80. The van der Waals surface area contributed by atoms with Gasteiger partial charge in [-0.15, -0.1) is 0 Å². The molecule has 94 valence electrons. The van der Waals surface area contributed by atoms with Crippen LogP contribution >= 0.6 is 15.9 Å². The van der Waals surface area contributed by atoms with E-state index in [1.807, 2.05) is 12.1 Å². The molecule has 1 heterocycles. The van der Waals surface area contributed by atoms with Crippen LogP contribution in [0.3, 0.4) is 0 Å². The van der Waals surface area contributed by atoms with Crippen molar-refractivity contribution >= 4 is 21.6 Å². The van der Waals surface area contributed by atoms with Gasteiger partial charge >= 0.3 is 0 Å². The lowest BCUT2D eigenvalue weighted by Crippen LogP contribution is -2.35. The molecule has 0 aliphatic carbocycles. The van der Waals surface area contributed by atoms with Gasteiger partial charge in [0.1, 0.15) is 5.75 Å². The maximum atomic E-state index is 5.44. The van der Waals surface area contributed by atoms with E-state index in [9.17, 15) is 0 Å². The first-order chi connectivity index (χ1) is 8.20. The van der Waals surface area contributed by atoms with Crippen LogP contribution in [0, 0.1) is 5.92 Å². The van der Waals surface area contributed by atoms with Crippen LogP contribution < -0.4 is 10.1 Å². The molecule has 1 saturated heterocycles. The van der Waals surface area contributed by atoms with E-state index in [-0.39, 0.29) is 0 Å². The summed E-state index contributed by atoms with van der Waals surface area (Å²) in [6.45, 7) is 3.90. The number of methoxy groups -OCH3 is 1. The lowest BCUT2D eigenvalue weighted by atomic mass is 9.97. The fourth-order valence-electron chi connectivity index (χ4n) is 2.06. The Bertz CT molecular complexity index is 384. The molecule has 0 radical (unpaired) electrons. The summed E-state index contributed by atoms with van der Waals surface area (Å²) in [5.41, 5.74) is 1.10. The number of ether oxygens (including phenoxy) is 2. The fraction of sp³-hybridized carbons (Fsp3) is 0.538. The van der Waals surface area contributed by atoms with Crippen LogP contribution in [0.25, 0.3) is 0 Å². The van der Waals surface area contributed by atoms with Crippen LogP contribution in [0.5, 0.6) is 5.75 Å². The van der Waals surface area contributed by atoms with Gasteiger partial charge < -0.3 is 14.8 Å². The largest absolute Gasteiger partial charge is 0.495 e. The van der Waals surface area contributed by atoms with E-state index >= 15 is 0 Å². The van der Waals surface area contributed by atoms with Crippen molar-refractivity contribution in [3.8, 4) is 5.75 Å². The highest BCUT2D eigenvalue weighted by Crippen LogP contribution is 2.29. The second-order valence-corrected chi connectivity index (χ2v) is 5.30. The number of nitrogens with one attached hydrogen (secondary N) is 1. The Hall–Kier alpha value is -0.740. The summed E-state index contributed by atoms with van der Waals surface area (Å²) in [5, 5.41) is 3.55. The van der Waals surface area contributed by atoms with Gasteiger partial charge in [-0.25, -0.2) is 0 Å². The second kappa shape index (κ2) is 5.74. The number of hydrogen-bond acceptors (Lipinski definition) is 3. The Morgan fingerprint density at radius 3 is 3.00 bits per heavy atom. The van der Waals surface area contributed by atoms with Crippen LogP contribution in [-0.2, 0) is 4.74 Å². The third-order valence-electron chi connectivity index (χ3n) is 3.14. The summed E-state index contributed by atoms with van der Waals surface area (Å²) in [5.74, 6) is 1.40. The molecule has 0 amide bonds. The van der Waals surface area contributed by atoms with Crippen LogP contribution in [0.15, 0.2) is 22.7 Å². The van der Waals surface area contributed by atoms with Crippen LogP contribution in [0.1, 0.15) is 13.3 Å². The number of benzene rings is 1. The van der Waals surface area contributed by atoms with E-state index in [1.165, 1.54) is 0 Å². The van der Waals surface area contributed by atoms with Crippen LogP contribution in [0.4, 0.5) is 5.69 Å². The third kappa shape index (κ3) is 3.13. The first-order valence-corrected chi connectivity index (χ1v) is 6.68. The number of hydrogen-bond donors (Lipinski definition) is 1. The molecule has 4 heteroatoms. The summed E-state index contributed by atoms with van der Waals surface area (Å²) in [4.78, 5) is 0. The molecule has 17 heavy (non-hydrogen) atoms. The van der Waals surface area contributed by atoms with E-state index in [0.717, 1.165) is 35.5 Å². The Kier molecular flexibility index (Phi) is 4.29. The maximum absolute atomic E-state index is 5.44. The Morgan fingerprint density at radius 1 is 1.47 bits per heavy atom. The van der Waals surface area contributed by atoms with Crippen molar-refractivity contribution in [1.82, 2.24) is 0 Å². The van der Waals surface area contributed by atoms with E-state index < -0.39 is 0 Å². The minimum atomic E-state index is 0.481. The minimum Gasteiger partial charge on any atom is -0.495 e. The maximum Gasteiger partial charge on any atom is 0.135 e. The first kappa shape index (κ1) is 12.7. The zero-order valence-corrected chi connectivity index (χ0v) is 11.8. The van der Waals surface area contributed by atoms with Crippen molar-refractivity contribution in [2.24, 2.45) is 5.92 Å². The molecule has 0 bridgehead atoms. The molecule has 2 atom stereocenters. The van der Waals surface area contributed by atoms with Crippen molar-refractivity contribution in [2.75, 3.05) is 25.6 Å². The highest BCUT2D eigenvalue weighted by Gasteiger charge is 2.21. The summed E-state index contributed by atoms with van der Waals surface area (Å²) in [7, 11) is 1.68. The molecule has 0 spiro atoms. The van der Waals surface area contributed by atoms with Crippen molar-refractivity contribution in [1.29, 1.82) is 0 Å². The predicted octanol–water partition coefficient (Wildman–Crippen LogP) is 3.29. The normalized spacial score (nSPS) is 24.4. The standard InChI is InChI=1S/C13H18BrNO2/c1-9-8-17-6-5-12(9)15-10-3-4-11(14)13(7-10)16-2/h3-4,7,9,12,15H,5-6,8H2,1-2H3. The predicted molar refractivity (Wildman–Crippen MR) is 72.7 cm³/mol. The molecular weight excluding hydrogens is 282 g/mol. The molecule has 1 aliphatic rings. The van der Waals surface area contributed by atoms with E-state index in [1.54, 1.807) is 7.11 Å². The summed E-state index contributed by atoms with van der Waals surface area (Å²) in [6.07, 6.45) is 1.06. The first-order valence-electron chi connectivity index (χ1n) is 5.88. The number of anilines is 1. The Balaban J connectivity index is 2.07. The molecule has 1 aromatic rings. The van der Waals surface area contributed by atoms with Gasteiger partial charge in [0.05, 0.1) is 18.2 Å². The summed E-state index contributed by atoms with van der Waals surface area (Å²) >= 11 is 3.45. The summed E-state index contributed by atoms with van der Waals surface area (Å²) < 4.78 is 11.7. The molecule has 3 nitrogen and oxygen atoms in total. The number of halogens is 1. The van der Waals surface area contributed by atoms with Gasteiger partial charge in [-0.3, -0.25) is 0 Å². The lowest BCUT2D eigenvalue weighted by Gasteiger charge is -2.30. The van der Waals surface area contributed by atoms with Crippen molar-refractivity contribution < 1.29 is 9.47 Å². The van der Waals surface area contributed by atoms with Gasteiger partial charge in [-0.1, -0.05) is 6.92 Å². The molecule has 2 unspecified atom stereocenters. The second-order valence-electron chi connectivity index (χ2n) is 4.44. The SMILES string of the molecule is COc1cc(NC2CCOCC2C)ccc1Br. The van der Waals surface area contributed by atoms with Crippen molar-refractivity contribution in [3.63, 3.8) is 0 Å². The number of rotatable bonds is 3. The average molecular weight is 300 g/mol. The van der Waals surface area contributed by atoms with Crippen LogP contribution in [-0.4, -0.2) is 26.4 Å². The smallest absolute Gasteiger partial charge is 0.135 e. The van der Waals surface area contributed by atoms with Gasteiger partial charge in [0, 0.05) is 24.4 Å². The fourth-order valence-corrected chi connectivity index (χ4v) is 2.47. The van der Waals surface area contributed by atoms with E-state index in [4.69, 9.17) is 9.47 Å². The molecule has 1 fully saturated rings. The van der Waals surface area contributed by atoms with Gasteiger partial charge in [-0.05, 0) is 40.4 Å². The lowest BCUT2D eigenvalue weighted by molar-refractivity contribution is 0.0537. The summed E-state index contributed by atoms with van der Waals surface area (Å²) in [6, 6.07) is 6.57. The van der Waals surface area contributed by atoms with Gasteiger partial charge in [0.25, 0.3) is 0 Å². The van der Waals surface area contributed by atoms with Gasteiger partial charge in [0.15, 0.2) is 0 Å². The zero-order chi connectivity index (χ0) is 12.3. The minimum absolute atomic E-state index is 0.481. The molecule has 2 rings (SSSR count). The molecule has 1 N–H and O–H groups in total. The highest BCUT2D eigenvalue weighted by molar-refractivity contribution is 9.10. The molecular formula is C13H18BrNO2. The molecule has 0 saturated carbocycles. The topological polar surface area (TPSA) is 30.5 Å². The van der Waals surface area contributed by atoms with Crippen LogP contribution in [0.2, 0.25) is 0 Å². The zero-order valence-electron chi connectivity index (χ0n) is 10.2. The molecule has 1 aliphatic heterocycles. The Morgan fingerprint density at radius 2 is 2.29 bits per heavy atom. The molecule has 1 aromatic carbocycles. The van der Waals surface area contributed by atoms with Gasteiger partial charge in [0.2, 0.25) is 0 Å². The Labute approximate surface area is 111 Å². The highest BCUT2D eigenvalue weighted by atomic mass is 79.9. The van der Waals surface area contributed by atoms with Crippen molar-refractivity contribution in [2.45, 2.75) is 19.4 Å². The van der Waals surface area contributed by atoms with E-state index in [0.29, 0.717) is 12.0 Å². The average Bonchev–Trinajstić information content (AvgIpc) is 2.34. The van der Waals surface area contributed by atoms with Crippen molar-refractivity contribution in [3.05, 3.63) is 22.7 Å². The van der Waals surface area contributed by atoms with Gasteiger partial charge in [-0.2, -0.15) is 0 Å². The van der Waals surface area contributed by atoms with E-state index in [2.05, 4.69) is 34.2 Å². The molecule has 0 aromatic heterocycles. The monoisotopic (exact) mass is 299 g/mol. The quantitative estimate of drug-likeness (QED) is 0.929.